The molecule has 3 aliphatic rings. The fraction of sp³-hybridized carbons (Fsp3) is 0.579. The van der Waals surface area contributed by atoms with Crippen molar-refractivity contribution in [3.05, 3.63) is 24.7 Å². The van der Waals surface area contributed by atoms with Crippen LogP contribution in [-0.2, 0) is 11.8 Å². The summed E-state index contributed by atoms with van der Waals surface area (Å²) in [6.07, 6.45) is 8.33. The molecule has 28 heavy (non-hydrogen) atoms. The van der Waals surface area contributed by atoms with Crippen molar-refractivity contribution in [2.75, 3.05) is 36.5 Å². The van der Waals surface area contributed by atoms with Gasteiger partial charge in [-0.1, -0.05) is 0 Å². The molecule has 2 atom stereocenters. The predicted molar refractivity (Wildman–Crippen MR) is 103 cm³/mol. The van der Waals surface area contributed by atoms with Crippen molar-refractivity contribution in [3.8, 4) is 6.07 Å². The Kier molecular flexibility index (Phi) is 4.18. The van der Waals surface area contributed by atoms with Crippen LogP contribution in [0.2, 0.25) is 0 Å². The molecule has 1 N–H and O–H groups in total. The number of hydrogen-bond donors (Lipinski definition) is 1. The highest BCUT2D eigenvalue weighted by Crippen LogP contribution is 2.42. The average molecular weight is 380 g/mol. The van der Waals surface area contributed by atoms with Gasteiger partial charge >= 0.3 is 0 Å². The zero-order valence-corrected chi connectivity index (χ0v) is 16.0. The molecule has 2 bridgehead atoms. The molecule has 0 amide bonds. The number of aryl methyl sites for hydroxylation is 1. The third kappa shape index (κ3) is 2.89. The van der Waals surface area contributed by atoms with Crippen molar-refractivity contribution in [2.24, 2.45) is 7.05 Å². The molecule has 5 rings (SSSR count). The molecular formula is C19H24N8O. The van der Waals surface area contributed by atoms with Crippen molar-refractivity contribution in [1.82, 2.24) is 24.6 Å². The van der Waals surface area contributed by atoms with Gasteiger partial charge in [-0.3, -0.25) is 9.58 Å². The lowest BCUT2D eigenvalue weighted by Crippen LogP contribution is -2.70. The summed E-state index contributed by atoms with van der Waals surface area (Å²) < 4.78 is 7.25. The van der Waals surface area contributed by atoms with Crippen LogP contribution in [0.5, 0.6) is 0 Å². The molecule has 9 heteroatoms. The highest BCUT2D eigenvalue weighted by Gasteiger charge is 2.54. The Morgan fingerprint density at radius 1 is 1.32 bits per heavy atom. The van der Waals surface area contributed by atoms with E-state index in [0.717, 1.165) is 24.6 Å². The van der Waals surface area contributed by atoms with Crippen LogP contribution >= 0.6 is 0 Å². The van der Waals surface area contributed by atoms with E-state index in [-0.39, 0.29) is 5.54 Å². The maximum Gasteiger partial charge on any atom is 0.229 e. The summed E-state index contributed by atoms with van der Waals surface area (Å²) in [6.45, 7) is 3.21. The van der Waals surface area contributed by atoms with Crippen molar-refractivity contribution < 1.29 is 4.74 Å². The molecular weight excluding hydrogens is 356 g/mol. The Balaban J connectivity index is 1.33. The highest BCUT2D eigenvalue weighted by molar-refractivity contribution is 5.53. The number of fused-ring (bicyclic) bond motifs is 2. The number of anilines is 3. The number of hydrogen-bond acceptors (Lipinski definition) is 8. The normalized spacial score (nSPS) is 25.9. The Bertz CT molecular complexity index is 887. The minimum absolute atomic E-state index is 0.0780. The van der Waals surface area contributed by atoms with Gasteiger partial charge in [-0.15, -0.1) is 0 Å². The molecule has 0 aliphatic carbocycles. The average Bonchev–Trinajstić information content (AvgIpc) is 3.18. The number of ether oxygens (including phenoxy) is 1. The first kappa shape index (κ1) is 17.4. The molecule has 0 spiro atoms. The second-order valence-electron chi connectivity index (χ2n) is 8.02. The molecule has 2 aromatic heterocycles. The van der Waals surface area contributed by atoms with E-state index in [1.54, 1.807) is 17.1 Å². The third-order valence-corrected chi connectivity index (χ3v) is 6.11. The molecule has 3 fully saturated rings. The first-order chi connectivity index (χ1) is 13.7. The standard InChI is InChI=1S/C19H24N8O/c1-25-9-14(8-22-25)23-18-21-7-4-17(24-18)26-10-15-2-3-16(11-26)27(15)19(5-6-20)12-28-13-19/h4,7-9,15-16H,2-3,5,10-13H2,1H3,(H,21,23,24)/t15-,16?/m0/s1. The van der Waals surface area contributed by atoms with Crippen LogP contribution in [0.1, 0.15) is 19.3 Å². The highest BCUT2D eigenvalue weighted by atomic mass is 16.5. The maximum absolute atomic E-state index is 9.30. The van der Waals surface area contributed by atoms with Crippen molar-refractivity contribution in [3.63, 3.8) is 0 Å². The molecule has 0 saturated carbocycles. The van der Waals surface area contributed by atoms with E-state index < -0.39 is 0 Å². The first-order valence-electron chi connectivity index (χ1n) is 9.74. The lowest BCUT2D eigenvalue weighted by molar-refractivity contribution is -0.156. The first-order valence-corrected chi connectivity index (χ1v) is 9.74. The van der Waals surface area contributed by atoms with Crippen LogP contribution in [0.4, 0.5) is 17.5 Å². The summed E-state index contributed by atoms with van der Waals surface area (Å²) in [5, 5.41) is 16.7. The fourth-order valence-electron chi connectivity index (χ4n) is 4.89. The quantitative estimate of drug-likeness (QED) is 0.829. The molecule has 0 aromatic carbocycles. The van der Waals surface area contributed by atoms with E-state index >= 15 is 0 Å². The van der Waals surface area contributed by atoms with E-state index in [1.807, 2.05) is 19.3 Å². The Hall–Kier alpha value is -2.70. The van der Waals surface area contributed by atoms with Gasteiger partial charge in [0.1, 0.15) is 5.82 Å². The largest absolute Gasteiger partial charge is 0.377 e. The third-order valence-electron chi connectivity index (χ3n) is 6.11. The van der Waals surface area contributed by atoms with Gasteiger partial charge in [-0.2, -0.15) is 15.3 Å². The van der Waals surface area contributed by atoms with E-state index in [0.29, 0.717) is 37.7 Å². The smallest absolute Gasteiger partial charge is 0.229 e. The Morgan fingerprint density at radius 2 is 2.11 bits per heavy atom. The van der Waals surface area contributed by atoms with Gasteiger partial charge in [0.15, 0.2) is 0 Å². The van der Waals surface area contributed by atoms with E-state index in [2.05, 4.69) is 31.3 Å². The van der Waals surface area contributed by atoms with E-state index in [1.165, 1.54) is 12.8 Å². The molecule has 3 aliphatic heterocycles. The Morgan fingerprint density at radius 3 is 2.71 bits per heavy atom. The monoisotopic (exact) mass is 380 g/mol. The molecule has 3 saturated heterocycles. The number of piperazine rings is 1. The van der Waals surface area contributed by atoms with Gasteiger partial charge in [0, 0.05) is 44.6 Å². The summed E-state index contributed by atoms with van der Waals surface area (Å²) in [5.74, 6) is 1.52. The van der Waals surface area contributed by atoms with Gasteiger partial charge in [-0.05, 0) is 18.9 Å². The van der Waals surface area contributed by atoms with E-state index in [4.69, 9.17) is 9.72 Å². The number of nitrogens with one attached hydrogen (secondary N) is 1. The lowest BCUT2D eigenvalue weighted by Gasteiger charge is -2.55. The minimum atomic E-state index is -0.0780. The number of aromatic nitrogens is 4. The zero-order valence-electron chi connectivity index (χ0n) is 16.0. The van der Waals surface area contributed by atoms with Crippen molar-refractivity contribution >= 4 is 17.5 Å². The van der Waals surface area contributed by atoms with Gasteiger partial charge in [0.25, 0.3) is 0 Å². The van der Waals surface area contributed by atoms with E-state index in [9.17, 15) is 5.26 Å². The Labute approximate surface area is 163 Å². The van der Waals surface area contributed by atoms with Crippen molar-refractivity contribution in [1.29, 1.82) is 5.26 Å². The number of nitriles is 1. The second kappa shape index (κ2) is 6.72. The van der Waals surface area contributed by atoms with Crippen LogP contribution in [0.25, 0.3) is 0 Å². The van der Waals surface area contributed by atoms with Crippen LogP contribution in [0, 0.1) is 11.3 Å². The lowest BCUT2D eigenvalue weighted by atomic mass is 9.88. The van der Waals surface area contributed by atoms with Crippen LogP contribution in [-0.4, -0.2) is 68.6 Å². The van der Waals surface area contributed by atoms with Gasteiger partial charge in [-0.25, -0.2) is 4.98 Å². The summed E-state index contributed by atoms with van der Waals surface area (Å²) in [4.78, 5) is 14.0. The van der Waals surface area contributed by atoms with Crippen LogP contribution in [0.3, 0.4) is 0 Å². The number of rotatable bonds is 5. The molecule has 9 nitrogen and oxygen atoms in total. The van der Waals surface area contributed by atoms with Crippen LogP contribution < -0.4 is 10.2 Å². The zero-order chi connectivity index (χ0) is 19.1. The molecule has 146 valence electrons. The number of nitrogens with zero attached hydrogens (tertiary/aromatic N) is 7. The minimum Gasteiger partial charge on any atom is -0.377 e. The molecule has 1 unspecified atom stereocenters. The SMILES string of the molecule is Cn1cc(Nc2nccc(N3CC4CC[C@@H](C3)N4C3(CC#N)COC3)n2)cn1. The predicted octanol–water partition coefficient (Wildman–Crippen LogP) is 1.29. The molecule has 0 radical (unpaired) electrons. The van der Waals surface area contributed by atoms with Gasteiger partial charge in [0.05, 0.1) is 43.1 Å². The maximum atomic E-state index is 9.30. The topological polar surface area (TPSA) is 95.1 Å². The van der Waals surface area contributed by atoms with Gasteiger partial charge < -0.3 is 15.0 Å². The molecule has 5 heterocycles. The summed E-state index contributed by atoms with van der Waals surface area (Å²) >= 11 is 0. The van der Waals surface area contributed by atoms with Gasteiger partial charge in [0.2, 0.25) is 5.95 Å². The van der Waals surface area contributed by atoms with Crippen LogP contribution in [0.15, 0.2) is 24.7 Å². The summed E-state index contributed by atoms with van der Waals surface area (Å²) in [6, 6.07) is 5.24. The fourth-order valence-corrected chi connectivity index (χ4v) is 4.89. The second-order valence-corrected chi connectivity index (χ2v) is 8.02. The van der Waals surface area contributed by atoms with Crippen molar-refractivity contribution in [2.45, 2.75) is 36.9 Å². The summed E-state index contributed by atoms with van der Waals surface area (Å²) in [5.41, 5.74) is 0.790. The molecule has 2 aromatic rings. The summed E-state index contributed by atoms with van der Waals surface area (Å²) in [7, 11) is 1.88.